The fourth-order valence-corrected chi connectivity index (χ4v) is 2.73. The maximum atomic E-state index is 11.9. The number of aromatic nitrogens is 1. The van der Waals surface area contributed by atoms with Crippen LogP contribution in [0.2, 0.25) is 0 Å². The van der Waals surface area contributed by atoms with E-state index in [1.807, 2.05) is 13.8 Å². The van der Waals surface area contributed by atoms with Crippen LogP contribution in [0.25, 0.3) is 0 Å². The van der Waals surface area contributed by atoms with Gasteiger partial charge in [0.25, 0.3) is 0 Å². The second-order valence-corrected chi connectivity index (χ2v) is 5.42. The first-order valence-corrected chi connectivity index (χ1v) is 6.91. The van der Waals surface area contributed by atoms with Gasteiger partial charge in [-0.25, -0.2) is 0 Å². The Hall–Kier alpha value is -1.85. The van der Waals surface area contributed by atoms with Crippen molar-refractivity contribution in [1.82, 2.24) is 10.5 Å². The number of hydrogen-bond donors (Lipinski definition) is 2. The van der Waals surface area contributed by atoms with Crippen LogP contribution in [0, 0.1) is 19.8 Å². The minimum atomic E-state index is -0.766. The third-order valence-electron chi connectivity index (χ3n) is 3.93. The molecule has 1 saturated carbocycles. The molecule has 1 aliphatic rings. The Bertz CT molecular complexity index is 490. The van der Waals surface area contributed by atoms with Crippen LogP contribution in [0.1, 0.15) is 42.7 Å². The normalized spacial score (nSPS) is 21.9. The van der Waals surface area contributed by atoms with E-state index in [0.717, 1.165) is 23.4 Å². The molecule has 0 spiro atoms. The van der Waals surface area contributed by atoms with E-state index < -0.39 is 5.97 Å². The minimum Gasteiger partial charge on any atom is -0.481 e. The maximum Gasteiger partial charge on any atom is 0.306 e. The number of carbonyl (C=O) groups excluding carboxylic acids is 1. The number of nitrogens with one attached hydrogen (secondary N) is 1. The van der Waals surface area contributed by atoms with Crippen LogP contribution in [0.3, 0.4) is 0 Å². The molecule has 1 fully saturated rings. The Balaban J connectivity index is 1.78. The predicted octanol–water partition coefficient (Wildman–Crippen LogP) is 1.59. The molecule has 6 heteroatoms. The number of aliphatic carboxylic acids is 1. The van der Waals surface area contributed by atoms with E-state index >= 15 is 0 Å². The quantitative estimate of drug-likeness (QED) is 0.854. The summed E-state index contributed by atoms with van der Waals surface area (Å²) in [6.45, 7) is 3.69. The zero-order valence-electron chi connectivity index (χ0n) is 11.8. The lowest BCUT2D eigenvalue weighted by molar-refractivity contribution is -0.141. The summed E-state index contributed by atoms with van der Waals surface area (Å²) in [5.74, 6) is -0.372. The second kappa shape index (κ2) is 6.07. The summed E-state index contributed by atoms with van der Waals surface area (Å²) >= 11 is 0. The van der Waals surface area contributed by atoms with Crippen LogP contribution >= 0.6 is 0 Å². The van der Waals surface area contributed by atoms with E-state index in [1.54, 1.807) is 0 Å². The van der Waals surface area contributed by atoms with Gasteiger partial charge in [0.15, 0.2) is 0 Å². The van der Waals surface area contributed by atoms with E-state index in [9.17, 15) is 9.59 Å². The summed E-state index contributed by atoms with van der Waals surface area (Å²) in [4.78, 5) is 22.7. The Kier molecular flexibility index (Phi) is 4.42. The number of hydrogen-bond acceptors (Lipinski definition) is 4. The van der Waals surface area contributed by atoms with Gasteiger partial charge in [0.05, 0.1) is 11.6 Å². The van der Waals surface area contributed by atoms with Crippen LogP contribution in [-0.2, 0) is 16.0 Å². The number of aryl methyl sites for hydroxylation is 2. The van der Waals surface area contributed by atoms with Crippen molar-refractivity contribution in [2.45, 2.75) is 52.0 Å². The Labute approximate surface area is 117 Å². The number of amides is 1. The number of carbonyl (C=O) groups is 2. The molecule has 1 aromatic heterocycles. The van der Waals surface area contributed by atoms with Gasteiger partial charge in [-0.2, -0.15) is 0 Å². The lowest BCUT2D eigenvalue weighted by Gasteiger charge is -2.12. The molecular weight excluding hydrogens is 260 g/mol. The van der Waals surface area contributed by atoms with Gasteiger partial charge in [0.1, 0.15) is 5.76 Å². The van der Waals surface area contributed by atoms with Crippen molar-refractivity contribution >= 4 is 11.9 Å². The molecule has 0 aliphatic heterocycles. The van der Waals surface area contributed by atoms with Crippen LogP contribution in [0.15, 0.2) is 4.52 Å². The molecule has 0 radical (unpaired) electrons. The van der Waals surface area contributed by atoms with Crippen LogP contribution in [0.5, 0.6) is 0 Å². The fraction of sp³-hybridized carbons (Fsp3) is 0.643. The number of carboxylic acids is 1. The van der Waals surface area contributed by atoms with Crippen molar-refractivity contribution in [1.29, 1.82) is 0 Å². The lowest BCUT2D eigenvalue weighted by atomic mass is 10.1. The van der Waals surface area contributed by atoms with Crippen LogP contribution in [-0.4, -0.2) is 28.2 Å². The monoisotopic (exact) mass is 280 g/mol. The molecule has 1 aromatic rings. The minimum absolute atomic E-state index is 0.00623. The molecular formula is C14H20N2O4. The van der Waals surface area contributed by atoms with Crippen molar-refractivity contribution in [2.75, 3.05) is 0 Å². The fourth-order valence-electron chi connectivity index (χ4n) is 2.73. The third kappa shape index (κ3) is 3.37. The van der Waals surface area contributed by atoms with Crippen molar-refractivity contribution in [3.05, 3.63) is 17.0 Å². The first kappa shape index (κ1) is 14.6. The number of carboxylic acid groups (broad SMARTS) is 1. The summed E-state index contributed by atoms with van der Waals surface area (Å²) in [7, 11) is 0. The number of nitrogens with zero attached hydrogens (tertiary/aromatic N) is 1. The molecule has 2 N–H and O–H groups in total. The van der Waals surface area contributed by atoms with Crippen LogP contribution < -0.4 is 5.32 Å². The molecule has 1 amide bonds. The van der Waals surface area contributed by atoms with Crippen molar-refractivity contribution in [3.63, 3.8) is 0 Å². The van der Waals surface area contributed by atoms with E-state index in [0.29, 0.717) is 25.7 Å². The van der Waals surface area contributed by atoms with Crippen molar-refractivity contribution < 1.29 is 19.2 Å². The highest BCUT2D eigenvalue weighted by Crippen LogP contribution is 2.25. The first-order chi connectivity index (χ1) is 9.47. The van der Waals surface area contributed by atoms with E-state index in [4.69, 9.17) is 9.63 Å². The molecule has 2 atom stereocenters. The number of rotatable bonds is 5. The second-order valence-electron chi connectivity index (χ2n) is 5.42. The Morgan fingerprint density at radius 3 is 2.70 bits per heavy atom. The lowest BCUT2D eigenvalue weighted by Crippen LogP contribution is -2.33. The average molecular weight is 280 g/mol. The summed E-state index contributed by atoms with van der Waals surface area (Å²) < 4.78 is 5.05. The summed E-state index contributed by atoms with van der Waals surface area (Å²) in [5.41, 5.74) is 1.80. The van der Waals surface area contributed by atoms with Gasteiger partial charge in [0, 0.05) is 18.0 Å². The topological polar surface area (TPSA) is 92.4 Å². The van der Waals surface area contributed by atoms with Crippen molar-refractivity contribution in [2.24, 2.45) is 5.92 Å². The van der Waals surface area contributed by atoms with Crippen molar-refractivity contribution in [3.8, 4) is 0 Å². The van der Waals surface area contributed by atoms with E-state index in [-0.39, 0.29) is 17.9 Å². The summed E-state index contributed by atoms with van der Waals surface area (Å²) in [6.07, 6.45) is 2.89. The Morgan fingerprint density at radius 1 is 1.40 bits per heavy atom. The standard InChI is InChI=1S/C14H20N2O4/c1-8-12(9(2)20-16-8)5-6-13(17)15-11-4-3-10(7-11)14(18)19/h10-11H,3-7H2,1-2H3,(H,15,17)(H,18,19)/t10-,11+/m0/s1. The highest BCUT2D eigenvalue weighted by atomic mass is 16.5. The largest absolute Gasteiger partial charge is 0.481 e. The summed E-state index contributed by atoms with van der Waals surface area (Å²) in [6, 6.07) is -0.00623. The maximum absolute atomic E-state index is 11.9. The molecule has 6 nitrogen and oxygen atoms in total. The SMILES string of the molecule is Cc1noc(C)c1CCC(=O)N[C@@H]1CC[C@H](C(=O)O)C1. The van der Waals surface area contributed by atoms with E-state index in [1.165, 1.54) is 0 Å². The Morgan fingerprint density at radius 2 is 2.15 bits per heavy atom. The molecule has 0 aromatic carbocycles. The third-order valence-corrected chi connectivity index (χ3v) is 3.93. The van der Waals surface area contributed by atoms with Crippen LogP contribution in [0.4, 0.5) is 0 Å². The van der Waals surface area contributed by atoms with E-state index in [2.05, 4.69) is 10.5 Å². The summed E-state index contributed by atoms with van der Waals surface area (Å²) in [5, 5.41) is 15.7. The smallest absolute Gasteiger partial charge is 0.306 e. The molecule has 2 rings (SSSR count). The highest BCUT2D eigenvalue weighted by Gasteiger charge is 2.30. The zero-order valence-corrected chi connectivity index (χ0v) is 11.8. The first-order valence-electron chi connectivity index (χ1n) is 6.91. The molecule has 0 saturated heterocycles. The van der Waals surface area contributed by atoms with Gasteiger partial charge in [-0.1, -0.05) is 5.16 Å². The predicted molar refractivity (Wildman–Crippen MR) is 71.2 cm³/mol. The van der Waals surface area contributed by atoms with Gasteiger partial charge in [-0.3, -0.25) is 9.59 Å². The molecule has 0 unspecified atom stereocenters. The zero-order chi connectivity index (χ0) is 14.7. The van der Waals surface area contributed by atoms with Gasteiger partial charge >= 0.3 is 5.97 Å². The molecule has 1 aliphatic carbocycles. The van der Waals surface area contributed by atoms with Gasteiger partial charge in [-0.15, -0.1) is 0 Å². The van der Waals surface area contributed by atoms with Gasteiger partial charge in [-0.05, 0) is 39.5 Å². The highest BCUT2D eigenvalue weighted by molar-refractivity contribution is 5.77. The molecule has 0 bridgehead atoms. The molecule has 1 heterocycles. The van der Waals surface area contributed by atoms with Gasteiger partial charge in [0.2, 0.25) is 5.91 Å². The van der Waals surface area contributed by atoms with Gasteiger partial charge < -0.3 is 14.9 Å². The average Bonchev–Trinajstić information content (AvgIpc) is 2.96. The molecule has 20 heavy (non-hydrogen) atoms. The molecule has 110 valence electrons.